The number of halogens is 2. The maximum atomic E-state index is 12.8. The van der Waals surface area contributed by atoms with E-state index in [1.807, 2.05) is 7.05 Å². The van der Waals surface area contributed by atoms with E-state index in [1.165, 1.54) is 10.4 Å². The van der Waals surface area contributed by atoms with E-state index >= 15 is 0 Å². The Morgan fingerprint density at radius 1 is 1.52 bits per heavy atom. The molecule has 1 fully saturated rings. The largest absolute Gasteiger partial charge is 0.395 e. The Morgan fingerprint density at radius 2 is 2.14 bits per heavy atom. The second kappa shape index (κ2) is 7.25. The van der Waals surface area contributed by atoms with Crippen LogP contribution >= 0.6 is 38.9 Å². The molecule has 0 radical (unpaired) electrons. The average Bonchev–Trinajstić information content (AvgIpc) is 2.78. The molecule has 0 bridgehead atoms. The van der Waals surface area contributed by atoms with Crippen molar-refractivity contribution in [2.45, 2.75) is 23.1 Å². The van der Waals surface area contributed by atoms with Crippen molar-refractivity contribution < 1.29 is 13.5 Å². The Kier molecular flexibility index (Phi) is 6.09. The predicted octanol–water partition coefficient (Wildman–Crippen LogP) is 2.24. The quantitative estimate of drug-likeness (QED) is 0.798. The minimum Gasteiger partial charge on any atom is -0.395 e. The number of thiophene rings is 1. The molecular weight excluding hydrogens is 400 g/mol. The van der Waals surface area contributed by atoms with Gasteiger partial charge in [-0.25, -0.2) is 8.42 Å². The summed E-state index contributed by atoms with van der Waals surface area (Å²) in [5.41, 5.74) is 0. The van der Waals surface area contributed by atoms with E-state index in [9.17, 15) is 13.5 Å². The molecule has 1 aliphatic rings. The molecule has 120 valence electrons. The fraction of sp³-hybridized carbons (Fsp3) is 0.667. The summed E-state index contributed by atoms with van der Waals surface area (Å²) in [7, 11) is -1.60. The normalized spacial score (nSPS) is 18.5. The van der Waals surface area contributed by atoms with E-state index < -0.39 is 10.0 Å². The number of piperidine rings is 1. The van der Waals surface area contributed by atoms with Crippen molar-refractivity contribution in [3.05, 3.63) is 14.9 Å². The Balaban J connectivity index is 2.27. The molecule has 1 aromatic rings. The van der Waals surface area contributed by atoms with E-state index in [2.05, 4.69) is 20.8 Å². The Bertz CT molecular complexity index is 566. The summed E-state index contributed by atoms with van der Waals surface area (Å²) in [4.78, 5) is 2.18. The van der Waals surface area contributed by atoms with Crippen LogP contribution in [0.1, 0.15) is 12.8 Å². The second-order valence-electron chi connectivity index (χ2n) is 5.06. The molecule has 21 heavy (non-hydrogen) atoms. The van der Waals surface area contributed by atoms with Crippen molar-refractivity contribution in [2.75, 3.05) is 33.3 Å². The van der Waals surface area contributed by atoms with Gasteiger partial charge in [-0.2, -0.15) is 4.31 Å². The molecule has 5 nitrogen and oxygen atoms in total. The number of nitrogens with zero attached hydrogens (tertiary/aromatic N) is 2. The topological polar surface area (TPSA) is 60.9 Å². The van der Waals surface area contributed by atoms with E-state index in [4.69, 9.17) is 11.6 Å². The lowest BCUT2D eigenvalue weighted by Crippen LogP contribution is -2.47. The Hall–Kier alpha value is 0.300. The third-order valence-electron chi connectivity index (χ3n) is 3.60. The van der Waals surface area contributed by atoms with E-state index in [1.54, 1.807) is 0 Å². The van der Waals surface area contributed by atoms with Crippen LogP contribution in [-0.4, -0.2) is 62.1 Å². The van der Waals surface area contributed by atoms with Gasteiger partial charge in [-0.3, -0.25) is 0 Å². The van der Waals surface area contributed by atoms with Crippen LogP contribution < -0.4 is 0 Å². The van der Waals surface area contributed by atoms with Crippen LogP contribution in [0.4, 0.5) is 0 Å². The van der Waals surface area contributed by atoms with Crippen LogP contribution in [0.2, 0.25) is 5.02 Å². The average molecular weight is 418 g/mol. The van der Waals surface area contributed by atoms with Crippen LogP contribution in [0, 0.1) is 0 Å². The van der Waals surface area contributed by atoms with E-state index in [-0.39, 0.29) is 23.4 Å². The van der Waals surface area contributed by atoms with Gasteiger partial charge in [-0.05, 0) is 55.0 Å². The highest BCUT2D eigenvalue weighted by Crippen LogP contribution is 2.37. The van der Waals surface area contributed by atoms with Crippen LogP contribution in [0.3, 0.4) is 0 Å². The van der Waals surface area contributed by atoms with Gasteiger partial charge in [0.15, 0.2) is 0 Å². The third-order valence-corrected chi connectivity index (χ3v) is 8.48. The van der Waals surface area contributed by atoms with E-state index in [0.29, 0.717) is 8.81 Å². The first kappa shape index (κ1) is 17.7. The lowest BCUT2D eigenvalue weighted by molar-refractivity contribution is 0.161. The van der Waals surface area contributed by atoms with Crippen LogP contribution in [0.25, 0.3) is 0 Å². The molecule has 0 aliphatic carbocycles. The SMILES string of the molecule is CN1CCC(N(CCO)S(=O)(=O)c2cc(Cl)c(Br)s2)CC1. The maximum Gasteiger partial charge on any atom is 0.252 e. The van der Waals surface area contributed by atoms with Gasteiger partial charge in [0.25, 0.3) is 10.0 Å². The van der Waals surface area contributed by atoms with Crippen LogP contribution in [-0.2, 0) is 10.0 Å². The minimum absolute atomic E-state index is 0.0713. The molecule has 2 heterocycles. The molecule has 0 aromatic carbocycles. The highest BCUT2D eigenvalue weighted by atomic mass is 79.9. The summed E-state index contributed by atoms with van der Waals surface area (Å²) in [6.07, 6.45) is 1.55. The molecular formula is C12H18BrClN2O3S2. The molecule has 0 unspecified atom stereocenters. The lowest BCUT2D eigenvalue weighted by Gasteiger charge is -2.35. The molecule has 0 amide bonds. The summed E-state index contributed by atoms with van der Waals surface area (Å²) in [5.74, 6) is 0. The van der Waals surface area contributed by atoms with Crippen molar-refractivity contribution in [3.63, 3.8) is 0 Å². The highest BCUT2D eigenvalue weighted by Gasteiger charge is 2.34. The number of hydrogen-bond acceptors (Lipinski definition) is 5. The lowest BCUT2D eigenvalue weighted by atomic mass is 10.1. The minimum atomic E-state index is -3.62. The number of sulfonamides is 1. The molecule has 1 aromatic heterocycles. The molecule has 9 heteroatoms. The van der Waals surface area contributed by atoms with Gasteiger partial charge in [0, 0.05) is 12.6 Å². The first-order valence-corrected chi connectivity index (χ1v) is 10.0. The number of rotatable bonds is 5. The molecule has 1 saturated heterocycles. The smallest absolute Gasteiger partial charge is 0.252 e. The fourth-order valence-corrected chi connectivity index (χ4v) is 6.65. The molecule has 2 rings (SSSR count). The fourth-order valence-electron chi connectivity index (χ4n) is 2.45. The predicted molar refractivity (Wildman–Crippen MR) is 88.5 cm³/mol. The number of likely N-dealkylation sites (tertiary alicyclic amines) is 1. The van der Waals surface area contributed by atoms with Crippen LogP contribution in [0.5, 0.6) is 0 Å². The summed E-state index contributed by atoms with van der Waals surface area (Å²) in [5, 5.41) is 9.64. The van der Waals surface area contributed by atoms with Gasteiger partial charge in [0.05, 0.1) is 15.4 Å². The van der Waals surface area contributed by atoms with Crippen LogP contribution in [0.15, 0.2) is 14.1 Å². The van der Waals surface area contributed by atoms with Crippen molar-refractivity contribution in [2.24, 2.45) is 0 Å². The van der Waals surface area contributed by atoms with Gasteiger partial charge in [-0.15, -0.1) is 11.3 Å². The zero-order valence-electron chi connectivity index (χ0n) is 11.6. The Morgan fingerprint density at radius 3 is 2.62 bits per heavy atom. The first-order chi connectivity index (χ1) is 9.86. The molecule has 0 atom stereocenters. The van der Waals surface area contributed by atoms with Gasteiger partial charge in [0.2, 0.25) is 0 Å². The zero-order chi connectivity index (χ0) is 15.6. The monoisotopic (exact) mass is 416 g/mol. The Labute approximate surface area is 142 Å². The summed E-state index contributed by atoms with van der Waals surface area (Å²) in [6.45, 7) is 1.64. The summed E-state index contributed by atoms with van der Waals surface area (Å²) in [6, 6.07) is 1.39. The number of aliphatic hydroxyl groups is 1. The zero-order valence-corrected chi connectivity index (χ0v) is 15.6. The molecule has 1 N–H and O–H groups in total. The highest BCUT2D eigenvalue weighted by molar-refractivity contribution is 9.11. The summed E-state index contributed by atoms with van der Waals surface area (Å²) < 4.78 is 27.8. The van der Waals surface area contributed by atoms with Gasteiger partial charge < -0.3 is 10.0 Å². The summed E-state index contributed by atoms with van der Waals surface area (Å²) >= 11 is 10.3. The van der Waals surface area contributed by atoms with Crippen molar-refractivity contribution in [3.8, 4) is 0 Å². The van der Waals surface area contributed by atoms with Gasteiger partial charge in [0.1, 0.15) is 4.21 Å². The van der Waals surface area contributed by atoms with E-state index in [0.717, 1.165) is 37.3 Å². The maximum absolute atomic E-state index is 12.8. The third kappa shape index (κ3) is 3.99. The number of hydrogen-bond donors (Lipinski definition) is 1. The molecule has 0 spiro atoms. The standard InChI is InChI=1S/C12H18BrClN2O3S2/c1-15-4-2-9(3-5-15)16(6-7-17)21(18,19)11-8-10(14)12(13)20-11/h8-9,17H,2-7H2,1H3. The van der Waals surface area contributed by atoms with Crippen molar-refractivity contribution in [1.29, 1.82) is 0 Å². The first-order valence-electron chi connectivity index (χ1n) is 6.62. The molecule has 1 aliphatic heterocycles. The van der Waals surface area contributed by atoms with Gasteiger partial charge in [-0.1, -0.05) is 11.6 Å². The second-order valence-corrected chi connectivity index (χ2v) is 9.96. The number of aliphatic hydroxyl groups excluding tert-OH is 1. The molecule has 0 saturated carbocycles. The van der Waals surface area contributed by atoms with Crippen molar-refractivity contribution in [1.82, 2.24) is 9.21 Å². The van der Waals surface area contributed by atoms with Gasteiger partial charge >= 0.3 is 0 Å². The van der Waals surface area contributed by atoms with Crippen molar-refractivity contribution >= 4 is 48.9 Å².